The molecule has 0 spiro atoms. The van der Waals surface area contributed by atoms with Crippen molar-refractivity contribution in [2.45, 2.75) is 26.2 Å². The Hall–Kier alpha value is -3.16. The number of hydrogen-bond donors (Lipinski definition) is 0. The molecule has 0 aliphatic carbocycles. The summed E-state index contributed by atoms with van der Waals surface area (Å²) in [4.78, 5) is 18.5. The second-order valence-corrected chi connectivity index (χ2v) is 6.49. The number of amides is 1. The topological polar surface area (TPSA) is 38.1 Å². The van der Waals surface area contributed by atoms with Gasteiger partial charge in [0.1, 0.15) is 11.6 Å². The maximum atomic E-state index is 13.1. The molecule has 0 fully saturated rings. The molecule has 0 saturated heterocycles. The quantitative estimate of drug-likeness (QED) is 0.555. The number of alkyl halides is 3. The highest BCUT2D eigenvalue weighted by Gasteiger charge is 2.29. The van der Waals surface area contributed by atoms with Gasteiger partial charge in [-0.3, -0.25) is 4.79 Å². The minimum Gasteiger partial charge on any atom is -0.331 e. The number of rotatable bonds is 6. The van der Waals surface area contributed by atoms with E-state index in [1.54, 1.807) is 21.9 Å². The van der Waals surface area contributed by atoms with Crippen LogP contribution in [0.5, 0.6) is 0 Å². The molecule has 0 bridgehead atoms. The maximum absolute atomic E-state index is 13.1. The van der Waals surface area contributed by atoms with Crippen LogP contribution in [-0.4, -0.2) is 26.9 Å². The smallest absolute Gasteiger partial charge is 0.331 e. The molecule has 4 nitrogen and oxygen atoms in total. The molecule has 0 unspecified atom stereocenters. The summed E-state index contributed by atoms with van der Waals surface area (Å²) in [5.74, 6) is -0.0736. The third-order valence-electron chi connectivity index (χ3n) is 4.53. The van der Waals surface area contributed by atoms with Crippen LogP contribution < -0.4 is 0 Å². The standard InChI is InChI=1S/C21H19F4N3O/c1-2-27(20(29)16-5-9-18(22)10-6-16)14-19-26-11-12-28(19)13-15-3-7-17(8-4-15)21(23,24)25/h3-12H,2,13-14H2,1H3. The number of carbonyl (C=O) groups excluding carboxylic acids is 1. The molecule has 2 aromatic carbocycles. The molecular weight excluding hydrogens is 386 g/mol. The van der Waals surface area contributed by atoms with Gasteiger partial charge in [0, 0.05) is 31.0 Å². The van der Waals surface area contributed by atoms with Gasteiger partial charge in [0.2, 0.25) is 0 Å². The van der Waals surface area contributed by atoms with E-state index in [9.17, 15) is 22.4 Å². The van der Waals surface area contributed by atoms with Gasteiger partial charge in [-0.1, -0.05) is 12.1 Å². The first-order valence-corrected chi connectivity index (χ1v) is 8.99. The lowest BCUT2D eigenvalue weighted by Gasteiger charge is -2.21. The molecule has 1 aromatic heterocycles. The van der Waals surface area contributed by atoms with Gasteiger partial charge in [0.05, 0.1) is 12.1 Å². The van der Waals surface area contributed by atoms with Gasteiger partial charge < -0.3 is 9.47 Å². The molecule has 0 atom stereocenters. The van der Waals surface area contributed by atoms with Crippen molar-refractivity contribution in [2.24, 2.45) is 0 Å². The summed E-state index contributed by atoms with van der Waals surface area (Å²) in [7, 11) is 0. The molecule has 0 N–H and O–H groups in total. The van der Waals surface area contributed by atoms with Crippen molar-refractivity contribution in [3.8, 4) is 0 Å². The lowest BCUT2D eigenvalue weighted by molar-refractivity contribution is -0.137. The monoisotopic (exact) mass is 405 g/mol. The maximum Gasteiger partial charge on any atom is 0.416 e. The Morgan fingerprint density at radius 1 is 1.07 bits per heavy atom. The Labute approximate surface area is 165 Å². The second-order valence-electron chi connectivity index (χ2n) is 6.49. The zero-order valence-electron chi connectivity index (χ0n) is 15.7. The van der Waals surface area contributed by atoms with Gasteiger partial charge in [-0.05, 0) is 48.9 Å². The van der Waals surface area contributed by atoms with Crippen molar-refractivity contribution in [3.05, 3.63) is 89.3 Å². The normalized spacial score (nSPS) is 11.5. The van der Waals surface area contributed by atoms with Gasteiger partial charge in [0.25, 0.3) is 5.91 Å². The van der Waals surface area contributed by atoms with E-state index in [1.807, 2.05) is 6.92 Å². The van der Waals surface area contributed by atoms with Gasteiger partial charge in [-0.25, -0.2) is 9.37 Å². The minimum atomic E-state index is -4.37. The third-order valence-corrected chi connectivity index (χ3v) is 4.53. The van der Waals surface area contributed by atoms with Crippen LogP contribution in [-0.2, 0) is 19.3 Å². The first-order chi connectivity index (χ1) is 13.8. The summed E-state index contributed by atoms with van der Waals surface area (Å²) in [6.07, 6.45) is -1.08. The number of hydrogen-bond acceptors (Lipinski definition) is 2. The molecule has 152 valence electrons. The Morgan fingerprint density at radius 3 is 2.31 bits per heavy atom. The summed E-state index contributed by atoms with van der Waals surface area (Å²) < 4.78 is 53.0. The van der Waals surface area contributed by atoms with E-state index in [1.165, 1.54) is 36.4 Å². The highest BCUT2D eigenvalue weighted by atomic mass is 19.4. The Balaban J connectivity index is 1.73. The summed E-state index contributed by atoms with van der Waals surface area (Å²) >= 11 is 0. The van der Waals surface area contributed by atoms with Crippen LogP contribution in [0.2, 0.25) is 0 Å². The van der Waals surface area contributed by atoms with E-state index < -0.39 is 17.6 Å². The number of benzene rings is 2. The molecule has 1 amide bonds. The third kappa shape index (κ3) is 5.01. The van der Waals surface area contributed by atoms with Gasteiger partial charge in [0.15, 0.2) is 0 Å². The molecular formula is C21H19F4N3O. The second kappa shape index (κ2) is 8.46. The van der Waals surface area contributed by atoms with Crippen LogP contribution >= 0.6 is 0 Å². The van der Waals surface area contributed by atoms with Crippen molar-refractivity contribution in [2.75, 3.05) is 6.54 Å². The number of carbonyl (C=O) groups is 1. The van der Waals surface area contributed by atoms with E-state index in [-0.39, 0.29) is 12.5 Å². The molecule has 29 heavy (non-hydrogen) atoms. The van der Waals surface area contributed by atoms with Crippen LogP contribution in [0.1, 0.15) is 34.2 Å². The van der Waals surface area contributed by atoms with E-state index in [0.29, 0.717) is 30.0 Å². The number of aromatic nitrogens is 2. The molecule has 0 radical (unpaired) electrons. The summed E-state index contributed by atoms with van der Waals surface area (Å²) in [6.45, 7) is 2.80. The van der Waals surface area contributed by atoms with Gasteiger partial charge >= 0.3 is 6.18 Å². The predicted octanol–water partition coefficient (Wildman–Crippen LogP) is 4.75. The molecule has 1 heterocycles. The minimum absolute atomic E-state index is 0.223. The predicted molar refractivity (Wildman–Crippen MR) is 99.6 cm³/mol. The average Bonchev–Trinajstić information content (AvgIpc) is 3.12. The van der Waals surface area contributed by atoms with Crippen molar-refractivity contribution >= 4 is 5.91 Å². The van der Waals surface area contributed by atoms with Gasteiger partial charge in [-0.15, -0.1) is 0 Å². The number of imidazole rings is 1. The van der Waals surface area contributed by atoms with Crippen molar-refractivity contribution in [1.29, 1.82) is 0 Å². The lowest BCUT2D eigenvalue weighted by Crippen LogP contribution is -2.31. The highest BCUT2D eigenvalue weighted by Crippen LogP contribution is 2.29. The first-order valence-electron chi connectivity index (χ1n) is 8.99. The summed E-state index contributed by atoms with van der Waals surface area (Å²) in [5.41, 5.74) is 0.355. The van der Waals surface area contributed by atoms with E-state index in [2.05, 4.69) is 4.98 Å². The Morgan fingerprint density at radius 2 is 1.72 bits per heavy atom. The fourth-order valence-electron chi connectivity index (χ4n) is 2.90. The van der Waals surface area contributed by atoms with E-state index in [4.69, 9.17) is 0 Å². The average molecular weight is 405 g/mol. The summed E-state index contributed by atoms with van der Waals surface area (Å²) in [6, 6.07) is 10.2. The van der Waals surface area contributed by atoms with Crippen LogP contribution in [0.25, 0.3) is 0 Å². The Kier molecular flexibility index (Phi) is 6.00. The van der Waals surface area contributed by atoms with Crippen LogP contribution in [0.4, 0.5) is 17.6 Å². The summed E-state index contributed by atoms with van der Waals surface area (Å²) in [5, 5.41) is 0. The SMILES string of the molecule is CCN(Cc1nccn1Cc1ccc(C(F)(F)F)cc1)C(=O)c1ccc(F)cc1. The van der Waals surface area contributed by atoms with Crippen LogP contribution in [0, 0.1) is 5.82 Å². The van der Waals surface area contributed by atoms with Crippen molar-refractivity contribution < 1.29 is 22.4 Å². The van der Waals surface area contributed by atoms with E-state index >= 15 is 0 Å². The largest absolute Gasteiger partial charge is 0.416 e. The number of halogens is 4. The zero-order chi connectivity index (χ0) is 21.0. The molecule has 0 aliphatic rings. The molecule has 8 heteroatoms. The zero-order valence-corrected chi connectivity index (χ0v) is 15.7. The fraction of sp³-hybridized carbons (Fsp3) is 0.238. The number of nitrogens with zero attached hydrogens (tertiary/aromatic N) is 3. The van der Waals surface area contributed by atoms with E-state index in [0.717, 1.165) is 12.1 Å². The molecule has 3 aromatic rings. The molecule has 3 rings (SSSR count). The molecule has 0 aliphatic heterocycles. The fourth-order valence-corrected chi connectivity index (χ4v) is 2.90. The van der Waals surface area contributed by atoms with Crippen molar-refractivity contribution in [3.63, 3.8) is 0 Å². The van der Waals surface area contributed by atoms with Crippen LogP contribution in [0.15, 0.2) is 60.9 Å². The van der Waals surface area contributed by atoms with Gasteiger partial charge in [-0.2, -0.15) is 13.2 Å². The Bertz CT molecular complexity index is 963. The first kappa shape index (κ1) is 20.6. The molecule has 0 saturated carbocycles. The van der Waals surface area contributed by atoms with Crippen molar-refractivity contribution in [1.82, 2.24) is 14.5 Å². The lowest BCUT2D eigenvalue weighted by atomic mass is 10.1. The van der Waals surface area contributed by atoms with Crippen LogP contribution in [0.3, 0.4) is 0 Å². The highest BCUT2D eigenvalue weighted by molar-refractivity contribution is 5.94.